The molecular weight excluding hydrogens is 241 g/mol. The van der Waals surface area contributed by atoms with Crippen LogP contribution in [0.25, 0.3) is 0 Å². The molecule has 102 valence electrons. The zero-order chi connectivity index (χ0) is 13.2. The molecule has 1 aromatic carbocycles. The SMILES string of the molecule is O=C(CCN(CC1CC1)C1CC1)c1ccccc1F. The second-order valence-electron chi connectivity index (χ2n) is 5.82. The summed E-state index contributed by atoms with van der Waals surface area (Å²) in [6.45, 7) is 1.92. The van der Waals surface area contributed by atoms with E-state index in [-0.39, 0.29) is 11.3 Å². The summed E-state index contributed by atoms with van der Waals surface area (Å²) in [5.41, 5.74) is 0.240. The van der Waals surface area contributed by atoms with E-state index in [0.29, 0.717) is 12.5 Å². The molecule has 19 heavy (non-hydrogen) atoms. The number of Topliss-reactive ketones (excluding diaryl/α,β-unsaturated/α-hetero) is 1. The van der Waals surface area contributed by atoms with Crippen LogP contribution < -0.4 is 0 Å². The summed E-state index contributed by atoms with van der Waals surface area (Å²) >= 11 is 0. The van der Waals surface area contributed by atoms with Crippen molar-refractivity contribution in [3.05, 3.63) is 35.6 Å². The van der Waals surface area contributed by atoms with E-state index in [1.54, 1.807) is 18.2 Å². The van der Waals surface area contributed by atoms with Crippen LogP contribution in [0, 0.1) is 11.7 Å². The third kappa shape index (κ3) is 3.41. The van der Waals surface area contributed by atoms with E-state index in [4.69, 9.17) is 0 Å². The Morgan fingerprint density at radius 3 is 2.58 bits per heavy atom. The third-order valence-corrected chi connectivity index (χ3v) is 4.05. The fourth-order valence-corrected chi connectivity index (χ4v) is 2.56. The van der Waals surface area contributed by atoms with Crippen molar-refractivity contribution >= 4 is 5.78 Å². The molecule has 1 aromatic rings. The van der Waals surface area contributed by atoms with E-state index in [1.807, 2.05) is 0 Å². The summed E-state index contributed by atoms with van der Waals surface area (Å²) in [6.07, 6.45) is 5.64. The van der Waals surface area contributed by atoms with Gasteiger partial charge in [0.05, 0.1) is 5.56 Å². The van der Waals surface area contributed by atoms with Gasteiger partial charge in [-0.05, 0) is 43.7 Å². The summed E-state index contributed by atoms with van der Waals surface area (Å²) < 4.78 is 13.5. The number of hydrogen-bond acceptors (Lipinski definition) is 2. The summed E-state index contributed by atoms with van der Waals surface area (Å²) in [6, 6.07) is 6.97. The van der Waals surface area contributed by atoms with Gasteiger partial charge in [-0.2, -0.15) is 0 Å². The highest BCUT2D eigenvalue weighted by atomic mass is 19.1. The molecule has 2 aliphatic carbocycles. The molecule has 2 fully saturated rings. The largest absolute Gasteiger partial charge is 0.300 e. The normalized spacial score (nSPS) is 18.8. The van der Waals surface area contributed by atoms with Crippen molar-refractivity contribution < 1.29 is 9.18 Å². The van der Waals surface area contributed by atoms with Crippen LogP contribution in [-0.2, 0) is 0 Å². The third-order valence-electron chi connectivity index (χ3n) is 4.05. The molecule has 0 atom stereocenters. The van der Waals surface area contributed by atoms with Crippen molar-refractivity contribution in [1.29, 1.82) is 0 Å². The zero-order valence-corrected chi connectivity index (χ0v) is 11.1. The van der Waals surface area contributed by atoms with E-state index in [2.05, 4.69) is 4.90 Å². The Morgan fingerprint density at radius 1 is 1.21 bits per heavy atom. The summed E-state index contributed by atoms with van der Waals surface area (Å²) in [4.78, 5) is 14.5. The van der Waals surface area contributed by atoms with Crippen LogP contribution in [0.1, 0.15) is 42.5 Å². The summed E-state index contributed by atoms with van der Waals surface area (Å²) in [7, 11) is 0. The van der Waals surface area contributed by atoms with Gasteiger partial charge in [-0.3, -0.25) is 9.69 Å². The quantitative estimate of drug-likeness (QED) is 0.702. The van der Waals surface area contributed by atoms with Gasteiger partial charge in [-0.1, -0.05) is 12.1 Å². The van der Waals surface area contributed by atoms with Gasteiger partial charge < -0.3 is 0 Å². The minimum atomic E-state index is -0.396. The van der Waals surface area contributed by atoms with Crippen molar-refractivity contribution in [1.82, 2.24) is 4.90 Å². The van der Waals surface area contributed by atoms with Gasteiger partial charge in [0.2, 0.25) is 0 Å². The molecule has 0 bridgehead atoms. The Balaban J connectivity index is 1.55. The monoisotopic (exact) mass is 261 g/mol. The lowest BCUT2D eigenvalue weighted by Crippen LogP contribution is -2.30. The Kier molecular flexibility index (Phi) is 3.65. The summed E-state index contributed by atoms with van der Waals surface area (Å²) in [5, 5.41) is 0. The number of carbonyl (C=O) groups is 1. The van der Waals surface area contributed by atoms with E-state index in [1.165, 1.54) is 31.7 Å². The second kappa shape index (κ2) is 5.41. The Hall–Kier alpha value is -1.22. The second-order valence-corrected chi connectivity index (χ2v) is 5.82. The minimum Gasteiger partial charge on any atom is -0.300 e. The number of ketones is 1. The molecule has 0 aromatic heterocycles. The molecule has 0 radical (unpaired) electrons. The summed E-state index contributed by atoms with van der Waals surface area (Å²) in [5.74, 6) is 0.386. The van der Waals surface area contributed by atoms with Crippen LogP contribution in [0.4, 0.5) is 4.39 Å². The first-order valence-corrected chi connectivity index (χ1v) is 7.26. The molecule has 0 aliphatic heterocycles. The minimum absolute atomic E-state index is 0.0699. The van der Waals surface area contributed by atoms with Gasteiger partial charge in [-0.25, -0.2) is 4.39 Å². The van der Waals surface area contributed by atoms with Crippen LogP contribution >= 0.6 is 0 Å². The van der Waals surface area contributed by atoms with Crippen molar-refractivity contribution in [2.45, 2.75) is 38.1 Å². The van der Waals surface area contributed by atoms with Gasteiger partial charge in [0.1, 0.15) is 5.82 Å². The van der Waals surface area contributed by atoms with Crippen molar-refractivity contribution in [2.24, 2.45) is 5.92 Å². The first-order valence-electron chi connectivity index (χ1n) is 7.26. The van der Waals surface area contributed by atoms with Crippen LogP contribution in [0.5, 0.6) is 0 Å². The Labute approximate surface area is 113 Å². The maximum atomic E-state index is 13.5. The van der Waals surface area contributed by atoms with E-state index >= 15 is 0 Å². The van der Waals surface area contributed by atoms with Crippen LogP contribution in [0.15, 0.2) is 24.3 Å². The fraction of sp³-hybridized carbons (Fsp3) is 0.562. The van der Waals surface area contributed by atoms with Gasteiger partial charge in [0.25, 0.3) is 0 Å². The first-order chi connectivity index (χ1) is 9.24. The molecule has 0 heterocycles. The maximum absolute atomic E-state index is 13.5. The first kappa shape index (κ1) is 12.8. The lowest BCUT2D eigenvalue weighted by molar-refractivity contribution is 0.0957. The number of benzene rings is 1. The number of carbonyl (C=O) groups excluding carboxylic acids is 1. The van der Waals surface area contributed by atoms with E-state index in [0.717, 1.165) is 19.0 Å². The zero-order valence-electron chi connectivity index (χ0n) is 11.1. The van der Waals surface area contributed by atoms with E-state index in [9.17, 15) is 9.18 Å². The maximum Gasteiger partial charge on any atom is 0.167 e. The highest BCUT2D eigenvalue weighted by Crippen LogP contribution is 2.34. The lowest BCUT2D eigenvalue weighted by atomic mass is 10.1. The average Bonchev–Trinajstić information content (AvgIpc) is 3.27. The molecule has 3 rings (SSSR count). The molecule has 0 spiro atoms. The van der Waals surface area contributed by atoms with Gasteiger partial charge in [0, 0.05) is 25.6 Å². The molecule has 2 nitrogen and oxygen atoms in total. The Bertz CT molecular complexity index is 466. The molecule has 3 heteroatoms. The standard InChI is InChI=1S/C16H20FNO/c17-15-4-2-1-3-14(15)16(19)9-10-18(13-7-8-13)11-12-5-6-12/h1-4,12-13H,5-11H2. The average molecular weight is 261 g/mol. The molecular formula is C16H20FNO. The van der Waals surface area contributed by atoms with Crippen molar-refractivity contribution in [2.75, 3.05) is 13.1 Å². The van der Waals surface area contributed by atoms with Gasteiger partial charge in [-0.15, -0.1) is 0 Å². The molecule has 2 saturated carbocycles. The predicted molar refractivity (Wildman–Crippen MR) is 72.7 cm³/mol. The number of hydrogen-bond donors (Lipinski definition) is 0. The Morgan fingerprint density at radius 2 is 1.95 bits per heavy atom. The molecule has 2 aliphatic rings. The number of halogens is 1. The van der Waals surface area contributed by atoms with Crippen LogP contribution in [0.2, 0.25) is 0 Å². The van der Waals surface area contributed by atoms with Crippen LogP contribution in [-0.4, -0.2) is 29.8 Å². The number of rotatable bonds is 7. The van der Waals surface area contributed by atoms with Crippen molar-refractivity contribution in [3.8, 4) is 0 Å². The molecule has 0 saturated heterocycles. The smallest absolute Gasteiger partial charge is 0.167 e. The lowest BCUT2D eigenvalue weighted by Gasteiger charge is -2.21. The van der Waals surface area contributed by atoms with Gasteiger partial charge >= 0.3 is 0 Å². The van der Waals surface area contributed by atoms with Crippen LogP contribution in [0.3, 0.4) is 0 Å². The molecule has 0 unspecified atom stereocenters. The highest BCUT2D eigenvalue weighted by molar-refractivity contribution is 5.96. The van der Waals surface area contributed by atoms with Crippen molar-refractivity contribution in [3.63, 3.8) is 0 Å². The number of nitrogens with zero attached hydrogens (tertiary/aromatic N) is 1. The molecule has 0 amide bonds. The molecule has 0 N–H and O–H groups in total. The predicted octanol–water partition coefficient (Wildman–Crippen LogP) is 3.27. The van der Waals surface area contributed by atoms with E-state index < -0.39 is 5.82 Å². The van der Waals surface area contributed by atoms with Gasteiger partial charge in [0.15, 0.2) is 5.78 Å². The fourth-order valence-electron chi connectivity index (χ4n) is 2.56. The highest BCUT2D eigenvalue weighted by Gasteiger charge is 2.33. The topological polar surface area (TPSA) is 20.3 Å².